The van der Waals surface area contributed by atoms with E-state index in [1.807, 2.05) is 13.0 Å². The van der Waals surface area contributed by atoms with Gasteiger partial charge >= 0.3 is 0 Å². The van der Waals surface area contributed by atoms with Gasteiger partial charge in [-0.1, -0.05) is 67.1 Å². The molecule has 0 bridgehead atoms. The number of anilines is 1. The average Bonchev–Trinajstić information content (AvgIpc) is 2.89. The van der Waals surface area contributed by atoms with E-state index >= 15 is 0 Å². The summed E-state index contributed by atoms with van der Waals surface area (Å²) in [6.45, 7) is 5.45. The first kappa shape index (κ1) is 28.2. The topological polar surface area (TPSA) is 86.8 Å². The predicted molar refractivity (Wildman–Crippen MR) is 147 cm³/mol. The van der Waals surface area contributed by atoms with E-state index < -0.39 is 28.5 Å². The highest BCUT2D eigenvalue weighted by atomic mass is 35.5. The van der Waals surface area contributed by atoms with Crippen molar-refractivity contribution in [3.05, 3.63) is 95.0 Å². The number of benzene rings is 3. The molecule has 3 aromatic carbocycles. The zero-order valence-corrected chi connectivity index (χ0v) is 22.8. The second kappa shape index (κ2) is 12.7. The van der Waals surface area contributed by atoms with E-state index in [0.717, 1.165) is 16.3 Å². The lowest BCUT2D eigenvalue weighted by Gasteiger charge is -2.32. The van der Waals surface area contributed by atoms with Crippen LogP contribution < -0.4 is 9.62 Å². The molecular formula is C28H32ClN3O4S. The predicted octanol–water partition coefficient (Wildman–Crippen LogP) is 4.79. The van der Waals surface area contributed by atoms with Crippen LogP contribution >= 0.6 is 11.6 Å². The van der Waals surface area contributed by atoms with Gasteiger partial charge in [-0.05, 0) is 61.7 Å². The van der Waals surface area contributed by atoms with Crippen molar-refractivity contribution in [1.82, 2.24) is 10.2 Å². The first-order chi connectivity index (χ1) is 17.6. The van der Waals surface area contributed by atoms with Crippen molar-refractivity contribution >= 4 is 39.1 Å². The Morgan fingerprint density at radius 2 is 1.65 bits per heavy atom. The Balaban J connectivity index is 2.02. The van der Waals surface area contributed by atoms with Gasteiger partial charge in [0, 0.05) is 18.1 Å². The van der Waals surface area contributed by atoms with Crippen LogP contribution in [-0.2, 0) is 26.2 Å². The Hall–Kier alpha value is -3.36. The molecule has 0 aliphatic heterocycles. The van der Waals surface area contributed by atoms with Gasteiger partial charge in [0.2, 0.25) is 11.8 Å². The Labute approximate surface area is 224 Å². The molecule has 3 rings (SSSR count). The van der Waals surface area contributed by atoms with Gasteiger partial charge in [0.15, 0.2) is 0 Å². The zero-order valence-electron chi connectivity index (χ0n) is 21.2. The smallest absolute Gasteiger partial charge is 0.264 e. The summed E-state index contributed by atoms with van der Waals surface area (Å²) in [6.07, 6.45) is 0.747. The fraction of sp³-hybridized carbons (Fsp3) is 0.286. The lowest BCUT2D eigenvalue weighted by Crippen LogP contribution is -2.51. The SMILES string of the molecule is CCCNC(=O)[C@@H](C)N(Cc1cccc(Cl)c1)C(=O)CN(c1ccccc1C)S(=O)(=O)c1ccccc1. The minimum absolute atomic E-state index is 0.0705. The van der Waals surface area contributed by atoms with Crippen LogP contribution in [0.15, 0.2) is 83.8 Å². The van der Waals surface area contributed by atoms with Gasteiger partial charge in [-0.15, -0.1) is 0 Å². The molecule has 3 aromatic rings. The summed E-state index contributed by atoms with van der Waals surface area (Å²) in [6, 6.07) is 21.2. The van der Waals surface area contributed by atoms with Crippen LogP contribution in [0.25, 0.3) is 0 Å². The highest BCUT2D eigenvalue weighted by Gasteiger charge is 2.32. The summed E-state index contributed by atoms with van der Waals surface area (Å²) in [5, 5.41) is 3.33. The van der Waals surface area contributed by atoms with Gasteiger partial charge in [0.25, 0.3) is 10.0 Å². The van der Waals surface area contributed by atoms with Crippen molar-refractivity contribution in [2.75, 3.05) is 17.4 Å². The molecule has 0 heterocycles. The lowest BCUT2D eigenvalue weighted by atomic mass is 10.1. The number of hydrogen-bond donors (Lipinski definition) is 1. The summed E-state index contributed by atoms with van der Waals surface area (Å²) >= 11 is 6.16. The number of nitrogens with one attached hydrogen (secondary N) is 1. The van der Waals surface area contributed by atoms with Crippen molar-refractivity contribution in [2.24, 2.45) is 0 Å². The molecular weight excluding hydrogens is 510 g/mol. The number of nitrogens with zero attached hydrogens (tertiary/aromatic N) is 2. The van der Waals surface area contributed by atoms with Crippen LogP contribution in [0.2, 0.25) is 5.02 Å². The first-order valence-corrected chi connectivity index (χ1v) is 13.9. The van der Waals surface area contributed by atoms with E-state index in [9.17, 15) is 18.0 Å². The minimum Gasteiger partial charge on any atom is -0.354 e. The van der Waals surface area contributed by atoms with Crippen molar-refractivity contribution in [3.63, 3.8) is 0 Å². The Bertz CT molecular complexity index is 1330. The number of sulfonamides is 1. The number of amides is 2. The Morgan fingerprint density at radius 1 is 0.973 bits per heavy atom. The van der Waals surface area contributed by atoms with E-state index in [-0.39, 0.29) is 17.3 Å². The van der Waals surface area contributed by atoms with Gasteiger partial charge in [-0.2, -0.15) is 0 Å². The Morgan fingerprint density at radius 3 is 2.30 bits per heavy atom. The van der Waals surface area contributed by atoms with Gasteiger partial charge in [-0.25, -0.2) is 8.42 Å². The Kier molecular flexibility index (Phi) is 9.72. The third kappa shape index (κ3) is 7.11. The molecule has 2 amide bonds. The highest BCUT2D eigenvalue weighted by Crippen LogP contribution is 2.27. The lowest BCUT2D eigenvalue weighted by molar-refractivity contribution is -0.139. The molecule has 0 saturated heterocycles. The fourth-order valence-corrected chi connectivity index (χ4v) is 5.60. The molecule has 7 nitrogen and oxygen atoms in total. The summed E-state index contributed by atoms with van der Waals surface area (Å²) in [5.41, 5.74) is 1.82. The van der Waals surface area contributed by atoms with E-state index in [0.29, 0.717) is 22.8 Å². The molecule has 196 valence electrons. The molecule has 0 aliphatic carbocycles. The number of rotatable bonds is 11. The van der Waals surface area contributed by atoms with Crippen molar-refractivity contribution < 1.29 is 18.0 Å². The van der Waals surface area contributed by atoms with E-state index in [1.54, 1.807) is 74.5 Å². The molecule has 0 spiro atoms. The maximum Gasteiger partial charge on any atom is 0.264 e. The molecule has 0 fully saturated rings. The second-order valence-electron chi connectivity index (χ2n) is 8.73. The largest absolute Gasteiger partial charge is 0.354 e. The third-order valence-corrected chi connectivity index (χ3v) is 7.96. The van der Waals surface area contributed by atoms with Crippen molar-refractivity contribution in [1.29, 1.82) is 0 Å². The fourth-order valence-electron chi connectivity index (χ4n) is 3.89. The van der Waals surface area contributed by atoms with Crippen LogP contribution in [0, 0.1) is 6.92 Å². The van der Waals surface area contributed by atoms with Crippen molar-refractivity contribution in [3.8, 4) is 0 Å². The zero-order chi connectivity index (χ0) is 27.0. The monoisotopic (exact) mass is 541 g/mol. The summed E-state index contributed by atoms with van der Waals surface area (Å²) < 4.78 is 28.6. The molecule has 0 aliphatic rings. The maximum atomic E-state index is 13.8. The summed E-state index contributed by atoms with van der Waals surface area (Å²) in [5.74, 6) is -0.826. The molecule has 0 radical (unpaired) electrons. The number of halogens is 1. The number of carbonyl (C=O) groups excluding carboxylic acids is 2. The van der Waals surface area contributed by atoms with E-state index in [4.69, 9.17) is 11.6 Å². The van der Waals surface area contributed by atoms with E-state index in [2.05, 4.69) is 5.32 Å². The third-order valence-electron chi connectivity index (χ3n) is 5.95. The molecule has 0 unspecified atom stereocenters. The van der Waals surface area contributed by atoms with Crippen molar-refractivity contribution in [2.45, 2.75) is 44.7 Å². The van der Waals surface area contributed by atoms with Gasteiger partial charge < -0.3 is 10.2 Å². The van der Waals surface area contributed by atoms with Crippen LogP contribution in [0.5, 0.6) is 0 Å². The van der Waals surface area contributed by atoms with Gasteiger partial charge in [-0.3, -0.25) is 13.9 Å². The molecule has 1 atom stereocenters. The maximum absolute atomic E-state index is 13.8. The number of hydrogen-bond acceptors (Lipinski definition) is 4. The molecule has 0 saturated carbocycles. The molecule has 0 aromatic heterocycles. The number of carbonyl (C=O) groups is 2. The van der Waals surface area contributed by atoms with Gasteiger partial charge in [0.1, 0.15) is 12.6 Å². The number of para-hydroxylation sites is 1. The van der Waals surface area contributed by atoms with Crippen LogP contribution in [0.1, 0.15) is 31.4 Å². The average molecular weight is 542 g/mol. The molecule has 9 heteroatoms. The minimum atomic E-state index is -4.08. The van der Waals surface area contributed by atoms with E-state index in [1.165, 1.54) is 17.0 Å². The summed E-state index contributed by atoms with van der Waals surface area (Å²) in [7, 11) is -4.08. The number of aryl methyl sites for hydroxylation is 1. The first-order valence-electron chi connectivity index (χ1n) is 12.1. The molecule has 37 heavy (non-hydrogen) atoms. The van der Waals surface area contributed by atoms with Crippen LogP contribution in [0.3, 0.4) is 0 Å². The van der Waals surface area contributed by atoms with Crippen LogP contribution in [-0.4, -0.2) is 44.3 Å². The standard InChI is InChI=1S/C28H32ClN3O4S/c1-4-17-30-28(34)22(3)31(19-23-12-10-13-24(29)18-23)27(33)20-32(26-16-9-8-11-21(26)2)37(35,36)25-14-6-5-7-15-25/h5-16,18,22H,4,17,19-20H2,1-3H3,(H,30,34)/t22-/m1/s1. The molecule has 1 N–H and O–H groups in total. The highest BCUT2D eigenvalue weighted by molar-refractivity contribution is 7.92. The summed E-state index contributed by atoms with van der Waals surface area (Å²) in [4.78, 5) is 28.2. The second-order valence-corrected chi connectivity index (χ2v) is 11.0. The van der Waals surface area contributed by atoms with Crippen LogP contribution in [0.4, 0.5) is 5.69 Å². The quantitative estimate of drug-likeness (QED) is 0.378. The normalized spacial score (nSPS) is 12.0. The van der Waals surface area contributed by atoms with Gasteiger partial charge in [0.05, 0.1) is 10.6 Å².